The van der Waals surface area contributed by atoms with Gasteiger partial charge in [0.15, 0.2) is 0 Å². The van der Waals surface area contributed by atoms with E-state index >= 15 is 0 Å². The first-order valence-electron chi connectivity index (χ1n) is 6.69. The van der Waals surface area contributed by atoms with Gasteiger partial charge in [-0.3, -0.25) is 0 Å². The Bertz CT molecular complexity index is 568. The summed E-state index contributed by atoms with van der Waals surface area (Å²) in [6, 6.07) is 14.9. The van der Waals surface area contributed by atoms with Crippen molar-refractivity contribution in [3.8, 4) is 11.5 Å². The molecule has 0 saturated carbocycles. The van der Waals surface area contributed by atoms with Crippen molar-refractivity contribution < 1.29 is 19.3 Å². The Morgan fingerprint density at radius 2 is 1.62 bits per heavy atom. The molecular formula is C17H20O4. The van der Waals surface area contributed by atoms with Gasteiger partial charge >= 0.3 is 0 Å². The second-order valence-electron chi connectivity index (χ2n) is 4.62. The van der Waals surface area contributed by atoms with Crippen LogP contribution >= 0.6 is 0 Å². The summed E-state index contributed by atoms with van der Waals surface area (Å²) in [6.07, 6.45) is -1.30. The highest BCUT2D eigenvalue weighted by Crippen LogP contribution is 2.37. The fourth-order valence-electron chi connectivity index (χ4n) is 2.32. The summed E-state index contributed by atoms with van der Waals surface area (Å²) in [7, 11) is 4.74. The lowest BCUT2D eigenvalue weighted by Gasteiger charge is -2.24. The minimum atomic E-state index is -0.835. The molecule has 0 spiro atoms. The zero-order valence-corrected chi connectivity index (χ0v) is 12.4. The Morgan fingerprint density at radius 1 is 0.905 bits per heavy atom. The average Bonchev–Trinajstić information content (AvgIpc) is 2.55. The van der Waals surface area contributed by atoms with Crippen molar-refractivity contribution in [3.05, 3.63) is 59.7 Å². The Hall–Kier alpha value is -2.04. The topological polar surface area (TPSA) is 47.9 Å². The summed E-state index contributed by atoms with van der Waals surface area (Å²) in [6.45, 7) is 0. The zero-order valence-electron chi connectivity index (χ0n) is 12.4. The minimum Gasteiger partial charge on any atom is -0.497 e. The maximum absolute atomic E-state index is 10.7. The van der Waals surface area contributed by atoms with Crippen molar-refractivity contribution in [1.82, 2.24) is 0 Å². The van der Waals surface area contributed by atoms with Crippen LogP contribution in [0.4, 0.5) is 0 Å². The van der Waals surface area contributed by atoms with Crippen molar-refractivity contribution in [2.75, 3.05) is 21.3 Å². The fraction of sp³-hybridized carbons (Fsp3) is 0.294. The van der Waals surface area contributed by atoms with Crippen LogP contribution in [-0.4, -0.2) is 26.4 Å². The Labute approximate surface area is 124 Å². The summed E-state index contributed by atoms with van der Waals surface area (Å²) in [5.41, 5.74) is 1.57. The van der Waals surface area contributed by atoms with Crippen LogP contribution in [-0.2, 0) is 4.74 Å². The third kappa shape index (κ3) is 3.35. The molecule has 2 aromatic rings. The van der Waals surface area contributed by atoms with E-state index in [1.54, 1.807) is 39.5 Å². The van der Waals surface area contributed by atoms with E-state index in [9.17, 15) is 5.11 Å². The van der Waals surface area contributed by atoms with Gasteiger partial charge in [0.25, 0.3) is 0 Å². The van der Waals surface area contributed by atoms with Crippen molar-refractivity contribution in [2.24, 2.45) is 0 Å². The lowest BCUT2D eigenvalue weighted by Crippen LogP contribution is -2.14. The first-order chi connectivity index (χ1) is 10.2. The van der Waals surface area contributed by atoms with E-state index in [-0.39, 0.29) is 0 Å². The maximum Gasteiger partial charge on any atom is 0.128 e. The van der Waals surface area contributed by atoms with Crippen LogP contribution in [0.2, 0.25) is 0 Å². The van der Waals surface area contributed by atoms with Crippen molar-refractivity contribution in [1.29, 1.82) is 0 Å². The number of aliphatic hydroxyl groups is 1. The SMILES string of the molecule is COc1ccc(C(O)C(OC)c2ccccc2)c(OC)c1. The molecule has 0 heterocycles. The van der Waals surface area contributed by atoms with E-state index in [4.69, 9.17) is 14.2 Å². The fourth-order valence-corrected chi connectivity index (χ4v) is 2.32. The van der Waals surface area contributed by atoms with E-state index in [1.165, 1.54) is 0 Å². The highest BCUT2D eigenvalue weighted by Gasteiger charge is 2.25. The van der Waals surface area contributed by atoms with Crippen LogP contribution < -0.4 is 9.47 Å². The molecule has 112 valence electrons. The molecule has 0 radical (unpaired) electrons. The van der Waals surface area contributed by atoms with Gasteiger partial charge in [-0.2, -0.15) is 0 Å². The largest absolute Gasteiger partial charge is 0.497 e. The highest BCUT2D eigenvalue weighted by atomic mass is 16.5. The molecule has 0 aliphatic rings. The Kier molecular flexibility index (Phi) is 5.20. The standard InChI is InChI=1S/C17H20O4/c1-19-13-9-10-14(15(11-13)20-2)16(18)17(21-3)12-7-5-4-6-8-12/h4-11,16-18H,1-3H3. The van der Waals surface area contributed by atoms with Crippen LogP contribution in [0.25, 0.3) is 0 Å². The van der Waals surface area contributed by atoms with Crippen molar-refractivity contribution in [2.45, 2.75) is 12.2 Å². The summed E-state index contributed by atoms with van der Waals surface area (Å²) in [5.74, 6) is 1.25. The first kappa shape index (κ1) is 15.4. The van der Waals surface area contributed by atoms with E-state index in [0.29, 0.717) is 17.1 Å². The maximum atomic E-state index is 10.7. The number of hydrogen-bond donors (Lipinski definition) is 1. The molecule has 2 aromatic carbocycles. The predicted octanol–water partition coefficient (Wildman–Crippen LogP) is 3.12. The summed E-state index contributed by atoms with van der Waals surface area (Å²) in [4.78, 5) is 0. The van der Waals surface area contributed by atoms with Gasteiger partial charge in [0.1, 0.15) is 23.7 Å². The number of rotatable bonds is 6. The third-order valence-corrected chi connectivity index (χ3v) is 3.43. The van der Waals surface area contributed by atoms with Crippen LogP contribution in [0.15, 0.2) is 48.5 Å². The Morgan fingerprint density at radius 3 is 2.19 bits per heavy atom. The van der Waals surface area contributed by atoms with Gasteiger partial charge < -0.3 is 19.3 Å². The second-order valence-corrected chi connectivity index (χ2v) is 4.62. The molecule has 2 rings (SSSR count). The molecule has 21 heavy (non-hydrogen) atoms. The van der Waals surface area contributed by atoms with Crippen LogP contribution in [0.1, 0.15) is 23.3 Å². The molecule has 0 saturated heterocycles. The molecule has 0 aliphatic carbocycles. The van der Waals surface area contributed by atoms with Gasteiger partial charge in [-0.25, -0.2) is 0 Å². The van der Waals surface area contributed by atoms with Gasteiger partial charge in [0, 0.05) is 18.7 Å². The molecule has 4 heteroatoms. The molecule has 4 nitrogen and oxygen atoms in total. The lowest BCUT2D eigenvalue weighted by atomic mass is 9.97. The highest BCUT2D eigenvalue weighted by molar-refractivity contribution is 5.43. The molecule has 0 bridgehead atoms. The average molecular weight is 288 g/mol. The molecule has 0 aromatic heterocycles. The quantitative estimate of drug-likeness (QED) is 0.887. The molecular weight excluding hydrogens is 268 g/mol. The van der Waals surface area contributed by atoms with Crippen LogP contribution in [0.5, 0.6) is 11.5 Å². The number of hydrogen-bond acceptors (Lipinski definition) is 4. The minimum absolute atomic E-state index is 0.464. The monoisotopic (exact) mass is 288 g/mol. The summed E-state index contributed by atoms with van der Waals surface area (Å²) >= 11 is 0. The second kappa shape index (κ2) is 7.11. The first-order valence-corrected chi connectivity index (χ1v) is 6.69. The molecule has 0 fully saturated rings. The van der Waals surface area contributed by atoms with Crippen LogP contribution in [0, 0.1) is 0 Å². The normalized spacial score (nSPS) is 13.5. The molecule has 2 atom stereocenters. The zero-order chi connectivity index (χ0) is 15.2. The van der Waals surface area contributed by atoms with E-state index in [1.807, 2.05) is 30.3 Å². The van der Waals surface area contributed by atoms with Gasteiger partial charge in [-0.15, -0.1) is 0 Å². The molecule has 1 N–H and O–H groups in total. The van der Waals surface area contributed by atoms with E-state index in [2.05, 4.69) is 0 Å². The van der Waals surface area contributed by atoms with Gasteiger partial charge in [0.05, 0.1) is 14.2 Å². The summed E-state index contributed by atoms with van der Waals surface area (Å²) < 4.78 is 16.0. The lowest BCUT2D eigenvalue weighted by molar-refractivity contribution is -0.0159. The van der Waals surface area contributed by atoms with Gasteiger partial charge in [-0.05, 0) is 17.7 Å². The van der Waals surface area contributed by atoms with Crippen molar-refractivity contribution in [3.63, 3.8) is 0 Å². The molecule has 2 unspecified atom stereocenters. The molecule has 0 aliphatic heterocycles. The van der Waals surface area contributed by atoms with Crippen LogP contribution in [0.3, 0.4) is 0 Å². The van der Waals surface area contributed by atoms with E-state index in [0.717, 1.165) is 5.56 Å². The predicted molar refractivity (Wildman–Crippen MR) is 80.7 cm³/mol. The van der Waals surface area contributed by atoms with Crippen molar-refractivity contribution >= 4 is 0 Å². The van der Waals surface area contributed by atoms with Gasteiger partial charge in [0.2, 0.25) is 0 Å². The molecule has 0 amide bonds. The van der Waals surface area contributed by atoms with Gasteiger partial charge in [-0.1, -0.05) is 30.3 Å². The number of methoxy groups -OCH3 is 3. The Balaban J connectivity index is 2.35. The number of ether oxygens (including phenoxy) is 3. The number of aliphatic hydroxyl groups excluding tert-OH is 1. The summed E-state index contributed by atoms with van der Waals surface area (Å²) in [5, 5.41) is 10.7. The van der Waals surface area contributed by atoms with E-state index < -0.39 is 12.2 Å². The third-order valence-electron chi connectivity index (χ3n) is 3.43. The smallest absolute Gasteiger partial charge is 0.128 e. The number of benzene rings is 2.